The standard InChI is InChI=1S/C13H15BrN4O/c1-2-9-3-4-12(11(14)5-9)18-8-10(6-13(18)19)7-16-17-15/h3-5,10H,2,6-8H2,1H3. The lowest BCUT2D eigenvalue weighted by molar-refractivity contribution is -0.117. The van der Waals surface area contributed by atoms with Crippen molar-refractivity contribution in [2.24, 2.45) is 11.0 Å². The van der Waals surface area contributed by atoms with E-state index in [0.717, 1.165) is 16.6 Å². The Morgan fingerprint density at radius 2 is 2.37 bits per heavy atom. The monoisotopic (exact) mass is 322 g/mol. The molecule has 1 aliphatic rings. The number of amides is 1. The van der Waals surface area contributed by atoms with Crippen LogP contribution in [0.3, 0.4) is 0 Å². The van der Waals surface area contributed by atoms with E-state index < -0.39 is 0 Å². The second-order valence-corrected chi connectivity index (χ2v) is 5.48. The number of carbonyl (C=O) groups excluding carboxylic acids is 1. The molecule has 0 bridgehead atoms. The van der Waals surface area contributed by atoms with Crippen molar-refractivity contribution in [1.29, 1.82) is 0 Å². The third-order valence-corrected chi connectivity index (χ3v) is 3.95. The number of benzene rings is 1. The van der Waals surface area contributed by atoms with E-state index in [-0.39, 0.29) is 11.8 Å². The van der Waals surface area contributed by atoms with Gasteiger partial charge in [-0.2, -0.15) is 0 Å². The summed E-state index contributed by atoms with van der Waals surface area (Å²) in [7, 11) is 0. The first-order chi connectivity index (χ1) is 9.15. The van der Waals surface area contributed by atoms with Crippen molar-refractivity contribution in [1.82, 2.24) is 0 Å². The topological polar surface area (TPSA) is 69.1 Å². The molecular formula is C13H15BrN4O. The highest BCUT2D eigenvalue weighted by atomic mass is 79.9. The smallest absolute Gasteiger partial charge is 0.227 e. The molecule has 0 spiro atoms. The molecule has 6 heteroatoms. The van der Waals surface area contributed by atoms with Crippen molar-refractivity contribution >= 4 is 27.5 Å². The molecule has 1 aliphatic heterocycles. The highest BCUT2D eigenvalue weighted by Crippen LogP contribution is 2.32. The molecule has 1 unspecified atom stereocenters. The predicted octanol–water partition coefficient (Wildman–Crippen LogP) is 3.67. The zero-order valence-corrected chi connectivity index (χ0v) is 12.3. The Morgan fingerprint density at radius 1 is 1.58 bits per heavy atom. The molecule has 0 aliphatic carbocycles. The lowest BCUT2D eigenvalue weighted by Crippen LogP contribution is -2.25. The molecule has 0 radical (unpaired) electrons. The van der Waals surface area contributed by atoms with E-state index in [1.165, 1.54) is 5.56 Å². The van der Waals surface area contributed by atoms with Gasteiger partial charge in [-0.1, -0.05) is 18.1 Å². The van der Waals surface area contributed by atoms with E-state index >= 15 is 0 Å². The van der Waals surface area contributed by atoms with Crippen molar-refractivity contribution < 1.29 is 4.79 Å². The molecule has 1 amide bonds. The molecule has 0 aromatic heterocycles. The van der Waals surface area contributed by atoms with E-state index in [4.69, 9.17) is 5.53 Å². The average Bonchev–Trinajstić information content (AvgIpc) is 2.77. The number of azide groups is 1. The van der Waals surface area contributed by atoms with Gasteiger partial charge < -0.3 is 4.90 Å². The third kappa shape index (κ3) is 3.08. The molecule has 1 aromatic rings. The number of aryl methyl sites for hydroxylation is 1. The number of rotatable bonds is 4. The first-order valence-electron chi connectivity index (χ1n) is 6.25. The quantitative estimate of drug-likeness (QED) is 0.473. The third-order valence-electron chi connectivity index (χ3n) is 3.32. The van der Waals surface area contributed by atoms with Crippen molar-refractivity contribution in [3.05, 3.63) is 38.7 Å². The fourth-order valence-electron chi connectivity index (χ4n) is 2.28. The minimum absolute atomic E-state index is 0.0862. The largest absolute Gasteiger partial charge is 0.311 e. The Labute approximate surface area is 120 Å². The Kier molecular flexibility index (Phi) is 4.45. The first kappa shape index (κ1) is 13.9. The fourth-order valence-corrected chi connectivity index (χ4v) is 2.92. The molecule has 1 heterocycles. The molecule has 1 aromatic carbocycles. The van der Waals surface area contributed by atoms with Crippen LogP contribution in [-0.2, 0) is 11.2 Å². The fraction of sp³-hybridized carbons (Fsp3) is 0.462. The van der Waals surface area contributed by atoms with E-state index in [1.54, 1.807) is 4.90 Å². The summed E-state index contributed by atoms with van der Waals surface area (Å²) in [4.78, 5) is 16.5. The molecule has 1 atom stereocenters. The minimum Gasteiger partial charge on any atom is -0.311 e. The summed E-state index contributed by atoms with van der Waals surface area (Å²) in [5, 5.41) is 3.56. The molecule has 2 rings (SSSR count). The second-order valence-electron chi connectivity index (χ2n) is 4.63. The van der Waals surface area contributed by atoms with Crippen LogP contribution in [-0.4, -0.2) is 19.0 Å². The zero-order valence-electron chi connectivity index (χ0n) is 10.7. The van der Waals surface area contributed by atoms with Crippen LogP contribution in [0, 0.1) is 5.92 Å². The molecule has 0 saturated carbocycles. The minimum atomic E-state index is 0.0862. The van der Waals surface area contributed by atoms with Crippen molar-refractivity contribution in [2.45, 2.75) is 19.8 Å². The van der Waals surface area contributed by atoms with Crippen LogP contribution < -0.4 is 4.90 Å². The summed E-state index contributed by atoms with van der Waals surface area (Å²) >= 11 is 3.52. The molecular weight excluding hydrogens is 308 g/mol. The predicted molar refractivity (Wildman–Crippen MR) is 78.0 cm³/mol. The number of anilines is 1. The van der Waals surface area contributed by atoms with Gasteiger partial charge >= 0.3 is 0 Å². The highest BCUT2D eigenvalue weighted by Gasteiger charge is 2.30. The van der Waals surface area contributed by atoms with Gasteiger partial charge in [-0.05, 0) is 51.5 Å². The Bertz CT molecular complexity index is 539. The molecule has 1 saturated heterocycles. The van der Waals surface area contributed by atoms with Crippen LogP contribution in [0.2, 0.25) is 0 Å². The summed E-state index contributed by atoms with van der Waals surface area (Å²) in [6.45, 7) is 3.09. The number of hydrogen-bond acceptors (Lipinski definition) is 2. The van der Waals surface area contributed by atoms with E-state index in [0.29, 0.717) is 19.5 Å². The summed E-state index contributed by atoms with van der Waals surface area (Å²) in [6, 6.07) is 6.05. The lowest BCUT2D eigenvalue weighted by Gasteiger charge is -2.18. The maximum Gasteiger partial charge on any atom is 0.227 e. The Hall–Kier alpha value is -1.52. The second kappa shape index (κ2) is 6.08. The van der Waals surface area contributed by atoms with Crippen molar-refractivity contribution in [3.63, 3.8) is 0 Å². The molecule has 0 N–H and O–H groups in total. The van der Waals surface area contributed by atoms with Crippen LogP contribution >= 0.6 is 15.9 Å². The molecule has 100 valence electrons. The first-order valence-corrected chi connectivity index (χ1v) is 7.04. The SMILES string of the molecule is CCc1ccc(N2CC(CN=[N+]=[N-])CC2=O)c(Br)c1. The average molecular weight is 323 g/mol. The molecule has 5 nitrogen and oxygen atoms in total. The zero-order chi connectivity index (χ0) is 13.8. The van der Waals surface area contributed by atoms with Gasteiger partial charge in [0.05, 0.1) is 5.69 Å². The number of halogens is 1. The van der Waals surface area contributed by atoms with Gasteiger partial charge in [0.15, 0.2) is 0 Å². The van der Waals surface area contributed by atoms with Crippen molar-refractivity contribution in [2.75, 3.05) is 18.0 Å². The molecule has 1 fully saturated rings. The Morgan fingerprint density at radius 3 is 3.00 bits per heavy atom. The Balaban J connectivity index is 2.18. The lowest BCUT2D eigenvalue weighted by atomic mass is 10.1. The summed E-state index contributed by atoms with van der Waals surface area (Å²) in [5.41, 5.74) is 10.5. The summed E-state index contributed by atoms with van der Waals surface area (Å²) in [5.74, 6) is 0.198. The van der Waals surface area contributed by atoms with E-state index in [9.17, 15) is 4.79 Å². The van der Waals surface area contributed by atoms with E-state index in [1.807, 2.05) is 18.2 Å². The van der Waals surface area contributed by atoms with Gasteiger partial charge in [0, 0.05) is 28.9 Å². The summed E-state index contributed by atoms with van der Waals surface area (Å²) in [6.07, 6.45) is 1.41. The number of carbonyl (C=O) groups is 1. The van der Waals surface area contributed by atoms with Crippen LogP contribution in [0.1, 0.15) is 18.9 Å². The van der Waals surface area contributed by atoms with E-state index in [2.05, 4.69) is 32.9 Å². The highest BCUT2D eigenvalue weighted by molar-refractivity contribution is 9.10. The normalized spacial score (nSPS) is 18.5. The van der Waals surface area contributed by atoms with Crippen molar-refractivity contribution in [3.8, 4) is 0 Å². The van der Waals surface area contributed by atoms with Crippen LogP contribution in [0.15, 0.2) is 27.8 Å². The maximum absolute atomic E-state index is 12.0. The van der Waals surface area contributed by atoms with Crippen LogP contribution in [0.4, 0.5) is 5.69 Å². The van der Waals surface area contributed by atoms with Crippen LogP contribution in [0.25, 0.3) is 10.4 Å². The van der Waals surface area contributed by atoms with Gasteiger partial charge in [-0.3, -0.25) is 4.79 Å². The maximum atomic E-state index is 12.0. The number of hydrogen-bond donors (Lipinski definition) is 0. The van der Waals surface area contributed by atoms with Gasteiger partial charge in [-0.25, -0.2) is 0 Å². The summed E-state index contributed by atoms with van der Waals surface area (Å²) < 4.78 is 0.935. The number of nitrogens with zero attached hydrogens (tertiary/aromatic N) is 4. The molecule has 19 heavy (non-hydrogen) atoms. The van der Waals surface area contributed by atoms with Gasteiger partial charge in [-0.15, -0.1) is 0 Å². The van der Waals surface area contributed by atoms with Gasteiger partial charge in [0.2, 0.25) is 5.91 Å². The van der Waals surface area contributed by atoms with Crippen LogP contribution in [0.5, 0.6) is 0 Å². The van der Waals surface area contributed by atoms with Gasteiger partial charge in [0.25, 0.3) is 0 Å². The van der Waals surface area contributed by atoms with Gasteiger partial charge in [0.1, 0.15) is 0 Å².